The predicted octanol–water partition coefficient (Wildman–Crippen LogP) is 1.12. The van der Waals surface area contributed by atoms with Crippen molar-refractivity contribution in [3.63, 3.8) is 0 Å². The average molecular weight is 160 g/mol. The van der Waals surface area contributed by atoms with Gasteiger partial charge in [0.25, 0.3) is 0 Å². The summed E-state index contributed by atoms with van der Waals surface area (Å²) in [5.74, 6) is 0. The molecule has 0 amide bonds. The molecule has 0 fully saturated rings. The van der Waals surface area contributed by atoms with E-state index in [4.69, 9.17) is 5.11 Å². The number of fused-ring (bicyclic) bond motifs is 1. The van der Waals surface area contributed by atoms with Crippen LogP contribution in [0.3, 0.4) is 0 Å². The third-order valence-corrected chi connectivity index (χ3v) is 1.72. The number of aliphatic hydroxyl groups is 1. The van der Waals surface area contributed by atoms with Gasteiger partial charge in [0.15, 0.2) is 0 Å². The zero-order valence-corrected chi connectivity index (χ0v) is 6.44. The molecule has 2 aromatic heterocycles. The van der Waals surface area contributed by atoms with Gasteiger partial charge in [0, 0.05) is 24.0 Å². The Hall–Kier alpha value is -1.48. The van der Waals surface area contributed by atoms with Crippen molar-refractivity contribution in [1.82, 2.24) is 9.97 Å². The molecule has 0 aliphatic rings. The van der Waals surface area contributed by atoms with Crippen LogP contribution in [-0.2, 0) is 6.61 Å². The van der Waals surface area contributed by atoms with Gasteiger partial charge in [0.1, 0.15) is 0 Å². The van der Waals surface area contributed by atoms with Gasteiger partial charge in [0.2, 0.25) is 0 Å². The van der Waals surface area contributed by atoms with Gasteiger partial charge < -0.3 is 5.11 Å². The van der Waals surface area contributed by atoms with E-state index in [0.717, 1.165) is 16.5 Å². The first-order valence-corrected chi connectivity index (χ1v) is 3.69. The molecule has 0 aromatic carbocycles. The minimum Gasteiger partial charge on any atom is -0.392 e. The number of nitrogens with zero attached hydrogens (tertiary/aromatic N) is 2. The van der Waals surface area contributed by atoms with Crippen LogP contribution in [-0.4, -0.2) is 15.1 Å². The Bertz CT molecular complexity index is 400. The summed E-state index contributed by atoms with van der Waals surface area (Å²) in [6.07, 6.45) is 5.11. The van der Waals surface area contributed by atoms with E-state index in [1.165, 1.54) is 0 Å². The quantitative estimate of drug-likeness (QED) is 0.680. The van der Waals surface area contributed by atoms with Gasteiger partial charge in [-0.2, -0.15) is 0 Å². The molecule has 0 aliphatic heterocycles. The van der Waals surface area contributed by atoms with E-state index in [9.17, 15) is 0 Å². The van der Waals surface area contributed by atoms with Crippen LogP contribution in [0.15, 0.2) is 30.7 Å². The molecule has 0 saturated heterocycles. The van der Waals surface area contributed by atoms with Gasteiger partial charge in [0.05, 0.1) is 12.1 Å². The second-order valence-electron chi connectivity index (χ2n) is 2.57. The molecule has 60 valence electrons. The first kappa shape index (κ1) is 7.18. The molecule has 3 nitrogen and oxygen atoms in total. The number of rotatable bonds is 1. The SMILES string of the molecule is OCc1cnc2ccncc2c1. The van der Waals surface area contributed by atoms with E-state index in [2.05, 4.69) is 9.97 Å². The van der Waals surface area contributed by atoms with E-state index < -0.39 is 0 Å². The average Bonchev–Trinajstić information content (AvgIpc) is 2.17. The highest BCUT2D eigenvalue weighted by Crippen LogP contribution is 2.10. The van der Waals surface area contributed by atoms with Crippen molar-refractivity contribution in [2.24, 2.45) is 0 Å². The van der Waals surface area contributed by atoms with E-state index in [-0.39, 0.29) is 6.61 Å². The van der Waals surface area contributed by atoms with Crippen molar-refractivity contribution in [2.45, 2.75) is 6.61 Å². The summed E-state index contributed by atoms with van der Waals surface area (Å²) in [7, 11) is 0. The van der Waals surface area contributed by atoms with Crippen LogP contribution in [0, 0.1) is 0 Å². The highest BCUT2D eigenvalue weighted by Gasteiger charge is 1.95. The van der Waals surface area contributed by atoms with Crippen LogP contribution in [0.2, 0.25) is 0 Å². The molecule has 0 unspecified atom stereocenters. The van der Waals surface area contributed by atoms with Gasteiger partial charge in [-0.1, -0.05) is 0 Å². The van der Waals surface area contributed by atoms with Crippen LogP contribution < -0.4 is 0 Å². The number of pyridine rings is 2. The number of aliphatic hydroxyl groups excluding tert-OH is 1. The predicted molar refractivity (Wildman–Crippen MR) is 45.5 cm³/mol. The highest BCUT2D eigenvalue weighted by molar-refractivity contribution is 5.77. The maximum Gasteiger partial charge on any atom is 0.0732 e. The third-order valence-electron chi connectivity index (χ3n) is 1.72. The van der Waals surface area contributed by atoms with E-state index >= 15 is 0 Å². The molecule has 2 aromatic rings. The molecule has 12 heavy (non-hydrogen) atoms. The highest BCUT2D eigenvalue weighted by atomic mass is 16.3. The van der Waals surface area contributed by atoms with Crippen molar-refractivity contribution in [2.75, 3.05) is 0 Å². The second-order valence-corrected chi connectivity index (χ2v) is 2.57. The fraction of sp³-hybridized carbons (Fsp3) is 0.111. The van der Waals surface area contributed by atoms with Crippen molar-refractivity contribution < 1.29 is 5.11 Å². The lowest BCUT2D eigenvalue weighted by Gasteiger charge is -1.97. The Labute approximate surface area is 69.7 Å². The lowest BCUT2D eigenvalue weighted by molar-refractivity contribution is 0.281. The minimum absolute atomic E-state index is 0.0256. The summed E-state index contributed by atoms with van der Waals surface area (Å²) in [5, 5.41) is 9.80. The monoisotopic (exact) mass is 160 g/mol. The van der Waals surface area contributed by atoms with E-state index in [1.807, 2.05) is 12.1 Å². The lowest BCUT2D eigenvalue weighted by atomic mass is 10.2. The number of aromatic nitrogens is 2. The van der Waals surface area contributed by atoms with Gasteiger partial charge in [-0.05, 0) is 17.7 Å². The molecular formula is C9H8N2O. The first-order valence-electron chi connectivity index (χ1n) is 3.69. The zero-order valence-electron chi connectivity index (χ0n) is 6.44. The smallest absolute Gasteiger partial charge is 0.0732 e. The maximum absolute atomic E-state index is 8.84. The van der Waals surface area contributed by atoms with Crippen molar-refractivity contribution in [3.05, 3.63) is 36.3 Å². The van der Waals surface area contributed by atoms with Gasteiger partial charge in [-0.3, -0.25) is 9.97 Å². The summed E-state index contributed by atoms with van der Waals surface area (Å²) in [4.78, 5) is 8.12. The Balaban J connectivity index is 2.67. The van der Waals surface area contributed by atoms with Crippen molar-refractivity contribution in [1.29, 1.82) is 0 Å². The molecule has 1 N–H and O–H groups in total. The Morgan fingerprint density at radius 1 is 1.33 bits per heavy atom. The Morgan fingerprint density at radius 3 is 3.08 bits per heavy atom. The zero-order chi connectivity index (χ0) is 8.39. The summed E-state index contributed by atoms with van der Waals surface area (Å²) in [6.45, 7) is 0.0256. The van der Waals surface area contributed by atoms with Crippen LogP contribution in [0.25, 0.3) is 10.9 Å². The molecule has 0 bridgehead atoms. The molecule has 0 radical (unpaired) electrons. The molecule has 0 spiro atoms. The minimum atomic E-state index is 0.0256. The largest absolute Gasteiger partial charge is 0.392 e. The Kier molecular flexibility index (Phi) is 1.72. The molecule has 2 heterocycles. The number of hydrogen-bond donors (Lipinski definition) is 1. The van der Waals surface area contributed by atoms with E-state index in [1.54, 1.807) is 18.6 Å². The van der Waals surface area contributed by atoms with Crippen molar-refractivity contribution >= 4 is 10.9 Å². The maximum atomic E-state index is 8.84. The summed E-state index contributed by atoms with van der Waals surface area (Å²) in [6, 6.07) is 3.73. The third kappa shape index (κ3) is 1.14. The second kappa shape index (κ2) is 2.87. The normalized spacial score (nSPS) is 10.4. The molecule has 0 aliphatic carbocycles. The number of hydrogen-bond acceptors (Lipinski definition) is 3. The summed E-state index contributed by atoms with van der Waals surface area (Å²) >= 11 is 0. The molecule has 2 rings (SSSR count). The van der Waals surface area contributed by atoms with Crippen LogP contribution in [0.1, 0.15) is 5.56 Å². The fourth-order valence-corrected chi connectivity index (χ4v) is 1.10. The molecule has 0 atom stereocenters. The Morgan fingerprint density at radius 2 is 2.25 bits per heavy atom. The summed E-state index contributed by atoms with van der Waals surface area (Å²) < 4.78 is 0. The molecular weight excluding hydrogens is 152 g/mol. The van der Waals surface area contributed by atoms with Crippen LogP contribution in [0.5, 0.6) is 0 Å². The van der Waals surface area contributed by atoms with Crippen molar-refractivity contribution in [3.8, 4) is 0 Å². The van der Waals surface area contributed by atoms with Crippen LogP contribution >= 0.6 is 0 Å². The van der Waals surface area contributed by atoms with E-state index in [0.29, 0.717) is 0 Å². The topological polar surface area (TPSA) is 46.0 Å². The standard InChI is InChI=1S/C9H8N2O/c12-6-7-3-8-5-10-2-1-9(8)11-4-7/h1-5,12H,6H2. The van der Waals surface area contributed by atoms with Gasteiger partial charge in [-0.15, -0.1) is 0 Å². The van der Waals surface area contributed by atoms with Gasteiger partial charge >= 0.3 is 0 Å². The fourth-order valence-electron chi connectivity index (χ4n) is 1.10. The molecule has 3 heteroatoms. The summed E-state index contributed by atoms with van der Waals surface area (Å²) in [5.41, 5.74) is 1.72. The van der Waals surface area contributed by atoms with Crippen LogP contribution in [0.4, 0.5) is 0 Å². The van der Waals surface area contributed by atoms with Gasteiger partial charge in [-0.25, -0.2) is 0 Å². The first-order chi connectivity index (χ1) is 5.90. The lowest BCUT2D eigenvalue weighted by Crippen LogP contribution is -1.86. The molecule has 0 saturated carbocycles.